The molecule has 0 aliphatic heterocycles. The van der Waals surface area contributed by atoms with Gasteiger partial charge in [0.1, 0.15) is 5.75 Å². The Hall–Kier alpha value is -1.41. The molecule has 2 heteroatoms. The molecule has 0 amide bonds. The van der Waals surface area contributed by atoms with Crippen LogP contribution in [0.4, 0.5) is 0 Å². The molecular formula is C24H34OS. The quantitative estimate of drug-likeness (QED) is 0.284. The molecule has 142 valence electrons. The summed E-state index contributed by atoms with van der Waals surface area (Å²) in [4.78, 5) is 1.35. The maximum Gasteiger partial charge on any atom is 0.115 e. The van der Waals surface area contributed by atoms with Crippen LogP contribution in [0.5, 0.6) is 5.75 Å². The zero-order valence-electron chi connectivity index (χ0n) is 16.3. The molecule has 0 aliphatic rings. The van der Waals surface area contributed by atoms with E-state index in [9.17, 15) is 5.11 Å². The average molecular weight is 371 g/mol. The Kier molecular flexibility index (Phi) is 10.3. The van der Waals surface area contributed by atoms with Crippen LogP contribution in [0.1, 0.15) is 71.1 Å². The molecule has 2 rings (SSSR count). The Labute approximate surface area is 164 Å². The van der Waals surface area contributed by atoms with Crippen LogP contribution in [-0.4, -0.2) is 10.9 Å². The molecule has 0 radical (unpaired) electrons. The van der Waals surface area contributed by atoms with Crippen molar-refractivity contribution in [3.8, 4) is 16.9 Å². The van der Waals surface area contributed by atoms with Gasteiger partial charge < -0.3 is 5.11 Å². The van der Waals surface area contributed by atoms with E-state index >= 15 is 0 Å². The van der Waals surface area contributed by atoms with Crippen LogP contribution in [0.25, 0.3) is 11.1 Å². The van der Waals surface area contributed by atoms with Gasteiger partial charge in [-0.2, -0.15) is 0 Å². The fourth-order valence-electron chi connectivity index (χ4n) is 3.18. The van der Waals surface area contributed by atoms with Crippen LogP contribution < -0.4 is 0 Å². The van der Waals surface area contributed by atoms with Gasteiger partial charge in [0, 0.05) is 4.90 Å². The smallest absolute Gasteiger partial charge is 0.115 e. The normalized spacial score (nSPS) is 11.0. The van der Waals surface area contributed by atoms with Gasteiger partial charge in [0.15, 0.2) is 0 Å². The Morgan fingerprint density at radius 2 is 1.08 bits per heavy atom. The number of hydrogen-bond acceptors (Lipinski definition) is 2. The van der Waals surface area contributed by atoms with Gasteiger partial charge in [0.2, 0.25) is 0 Å². The lowest BCUT2D eigenvalue weighted by molar-refractivity contribution is 0.475. The summed E-state index contributed by atoms with van der Waals surface area (Å²) < 4.78 is 0. The van der Waals surface area contributed by atoms with Gasteiger partial charge in [0.05, 0.1) is 0 Å². The summed E-state index contributed by atoms with van der Waals surface area (Å²) in [5, 5.41) is 9.38. The molecule has 0 aromatic heterocycles. The van der Waals surface area contributed by atoms with Crippen molar-refractivity contribution in [3.63, 3.8) is 0 Å². The SMILES string of the molecule is CCCCCCCCCCCCSc1ccc(-c2ccc(O)cc2)cc1. The molecule has 0 saturated carbocycles. The topological polar surface area (TPSA) is 20.2 Å². The lowest BCUT2D eigenvalue weighted by atomic mass is 10.1. The van der Waals surface area contributed by atoms with Crippen LogP contribution in [-0.2, 0) is 0 Å². The third-order valence-electron chi connectivity index (χ3n) is 4.82. The number of thioether (sulfide) groups is 1. The lowest BCUT2D eigenvalue weighted by Gasteiger charge is -2.05. The number of benzene rings is 2. The van der Waals surface area contributed by atoms with Gasteiger partial charge >= 0.3 is 0 Å². The fraction of sp³-hybridized carbons (Fsp3) is 0.500. The van der Waals surface area contributed by atoms with Crippen molar-refractivity contribution < 1.29 is 5.11 Å². The third kappa shape index (κ3) is 8.31. The van der Waals surface area contributed by atoms with Gasteiger partial charge in [-0.15, -0.1) is 11.8 Å². The minimum atomic E-state index is 0.317. The van der Waals surface area contributed by atoms with Gasteiger partial charge in [-0.1, -0.05) is 89.0 Å². The summed E-state index contributed by atoms with van der Waals surface area (Å²) in [6.45, 7) is 2.28. The summed E-state index contributed by atoms with van der Waals surface area (Å²) in [5.74, 6) is 1.53. The standard InChI is InChI=1S/C24H34OS/c1-2-3-4-5-6-7-8-9-10-11-20-26-24-18-14-22(15-19-24)21-12-16-23(25)17-13-21/h12-19,25H,2-11,20H2,1H3. The molecule has 0 atom stereocenters. The van der Waals surface area contributed by atoms with E-state index in [-0.39, 0.29) is 0 Å². The molecule has 0 heterocycles. The largest absolute Gasteiger partial charge is 0.508 e. The van der Waals surface area contributed by atoms with E-state index in [0.717, 1.165) is 5.56 Å². The van der Waals surface area contributed by atoms with Crippen LogP contribution in [0.15, 0.2) is 53.4 Å². The van der Waals surface area contributed by atoms with Crippen LogP contribution >= 0.6 is 11.8 Å². The fourth-order valence-corrected chi connectivity index (χ4v) is 4.09. The van der Waals surface area contributed by atoms with Crippen molar-refractivity contribution in [3.05, 3.63) is 48.5 Å². The van der Waals surface area contributed by atoms with E-state index in [1.54, 1.807) is 12.1 Å². The predicted octanol–water partition coefficient (Wildman–Crippen LogP) is 8.07. The summed E-state index contributed by atoms with van der Waals surface area (Å²) in [6, 6.07) is 16.2. The minimum absolute atomic E-state index is 0.317. The molecule has 0 unspecified atom stereocenters. The number of phenols is 1. The highest BCUT2D eigenvalue weighted by Crippen LogP contribution is 2.26. The predicted molar refractivity (Wildman–Crippen MR) is 116 cm³/mol. The van der Waals surface area contributed by atoms with Crippen molar-refractivity contribution in [2.24, 2.45) is 0 Å². The molecule has 1 nitrogen and oxygen atoms in total. The van der Waals surface area contributed by atoms with Gasteiger partial charge in [-0.05, 0) is 47.6 Å². The minimum Gasteiger partial charge on any atom is -0.508 e. The molecule has 0 bridgehead atoms. The molecule has 1 N–H and O–H groups in total. The van der Waals surface area contributed by atoms with E-state index in [4.69, 9.17) is 0 Å². The molecule has 0 saturated heterocycles. The summed E-state index contributed by atoms with van der Waals surface area (Å²) >= 11 is 1.96. The highest BCUT2D eigenvalue weighted by atomic mass is 32.2. The molecule has 0 spiro atoms. The summed E-state index contributed by atoms with van der Waals surface area (Å²) in [6.07, 6.45) is 14.0. The highest BCUT2D eigenvalue weighted by Gasteiger charge is 2.00. The maximum atomic E-state index is 9.38. The molecular weight excluding hydrogens is 336 g/mol. The first kappa shape index (κ1) is 20.9. The van der Waals surface area contributed by atoms with Crippen molar-refractivity contribution in [2.45, 2.75) is 76.0 Å². The van der Waals surface area contributed by atoms with Crippen LogP contribution in [0.2, 0.25) is 0 Å². The first-order valence-electron chi connectivity index (χ1n) is 10.3. The number of unbranched alkanes of at least 4 members (excludes halogenated alkanes) is 9. The monoisotopic (exact) mass is 370 g/mol. The van der Waals surface area contributed by atoms with Crippen LogP contribution in [0, 0.1) is 0 Å². The van der Waals surface area contributed by atoms with E-state index in [2.05, 4.69) is 31.2 Å². The summed E-state index contributed by atoms with van der Waals surface area (Å²) in [5.41, 5.74) is 2.35. The first-order chi connectivity index (χ1) is 12.8. The second kappa shape index (κ2) is 12.9. The molecule has 2 aromatic carbocycles. The van der Waals surface area contributed by atoms with Crippen LogP contribution in [0.3, 0.4) is 0 Å². The van der Waals surface area contributed by atoms with Crippen molar-refractivity contribution >= 4 is 11.8 Å². The molecule has 2 aromatic rings. The first-order valence-corrected chi connectivity index (χ1v) is 11.3. The lowest BCUT2D eigenvalue weighted by Crippen LogP contribution is -1.84. The zero-order chi connectivity index (χ0) is 18.5. The second-order valence-corrected chi connectivity index (χ2v) is 8.27. The molecule has 0 aliphatic carbocycles. The Morgan fingerprint density at radius 1 is 0.615 bits per heavy atom. The number of hydrogen-bond donors (Lipinski definition) is 1. The van der Waals surface area contributed by atoms with Gasteiger partial charge in [-0.3, -0.25) is 0 Å². The number of phenolic OH excluding ortho intramolecular Hbond substituents is 1. The highest BCUT2D eigenvalue weighted by molar-refractivity contribution is 7.99. The Balaban J connectivity index is 1.54. The van der Waals surface area contributed by atoms with Crippen molar-refractivity contribution in [1.82, 2.24) is 0 Å². The number of rotatable bonds is 13. The Morgan fingerprint density at radius 3 is 1.62 bits per heavy atom. The zero-order valence-corrected chi connectivity index (χ0v) is 17.1. The van der Waals surface area contributed by atoms with Crippen molar-refractivity contribution in [1.29, 1.82) is 0 Å². The van der Waals surface area contributed by atoms with Crippen molar-refractivity contribution in [2.75, 3.05) is 5.75 Å². The van der Waals surface area contributed by atoms with Gasteiger partial charge in [-0.25, -0.2) is 0 Å². The van der Waals surface area contributed by atoms with E-state index in [1.165, 1.54) is 80.4 Å². The van der Waals surface area contributed by atoms with E-state index in [0.29, 0.717) is 5.75 Å². The summed E-state index contributed by atoms with van der Waals surface area (Å²) in [7, 11) is 0. The number of aromatic hydroxyl groups is 1. The molecule has 0 fully saturated rings. The second-order valence-electron chi connectivity index (χ2n) is 7.10. The maximum absolute atomic E-state index is 9.38. The Bertz CT molecular complexity index is 589. The van der Waals surface area contributed by atoms with Gasteiger partial charge in [0.25, 0.3) is 0 Å². The average Bonchev–Trinajstić information content (AvgIpc) is 2.67. The molecule has 26 heavy (non-hydrogen) atoms. The van der Waals surface area contributed by atoms with E-state index < -0.39 is 0 Å². The van der Waals surface area contributed by atoms with E-state index in [1.807, 2.05) is 23.9 Å². The third-order valence-corrected chi connectivity index (χ3v) is 5.92.